The summed E-state index contributed by atoms with van der Waals surface area (Å²) in [6.07, 6.45) is 3.46. The van der Waals surface area contributed by atoms with E-state index in [1.807, 2.05) is 49.4 Å². The summed E-state index contributed by atoms with van der Waals surface area (Å²) in [5.41, 5.74) is 11.2. The zero-order valence-electron chi connectivity index (χ0n) is 14.6. The molecular formula is C21H18N4O. The first kappa shape index (κ1) is 16.0. The van der Waals surface area contributed by atoms with E-state index in [4.69, 9.17) is 15.5 Å². The van der Waals surface area contributed by atoms with E-state index in [0.29, 0.717) is 11.6 Å². The fourth-order valence-electron chi connectivity index (χ4n) is 3.00. The molecule has 0 unspecified atom stereocenters. The number of methoxy groups -OCH3 is 1. The number of pyridine rings is 1. The van der Waals surface area contributed by atoms with Gasteiger partial charge in [0.1, 0.15) is 11.6 Å². The van der Waals surface area contributed by atoms with Crippen molar-refractivity contribution in [3.8, 4) is 28.3 Å². The first-order chi connectivity index (χ1) is 12.7. The molecule has 0 fully saturated rings. The lowest BCUT2D eigenvalue weighted by Crippen LogP contribution is -1.99. The Morgan fingerprint density at radius 1 is 0.923 bits per heavy atom. The average molecular weight is 342 g/mol. The van der Waals surface area contributed by atoms with Crippen LogP contribution in [0.25, 0.3) is 33.4 Å². The van der Waals surface area contributed by atoms with Crippen LogP contribution in [0.4, 0.5) is 5.82 Å². The van der Waals surface area contributed by atoms with E-state index in [0.717, 1.165) is 38.9 Å². The number of benzene rings is 2. The first-order valence-electron chi connectivity index (χ1n) is 8.28. The number of aryl methyl sites for hydroxylation is 1. The van der Waals surface area contributed by atoms with Gasteiger partial charge in [-0.3, -0.25) is 4.98 Å². The molecule has 4 aromatic rings. The highest BCUT2D eigenvalue weighted by Gasteiger charge is 2.11. The van der Waals surface area contributed by atoms with Crippen molar-refractivity contribution in [2.24, 2.45) is 0 Å². The summed E-state index contributed by atoms with van der Waals surface area (Å²) in [7, 11) is 1.66. The molecule has 5 heteroatoms. The molecule has 26 heavy (non-hydrogen) atoms. The molecule has 2 aromatic heterocycles. The van der Waals surface area contributed by atoms with Gasteiger partial charge in [-0.25, -0.2) is 9.97 Å². The van der Waals surface area contributed by atoms with Crippen LogP contribution in [0.5, 0.6) is 5.75 Å². The van der Waals surface area contributed by atoms with E-state index in [2.05, 4.69) is 16.0 Å². The maximum absolute atomic E-state index is 6.26. The number of aromatic nitrogens is 3. The average Bonchev–Trinajstić information content (AvgIpc) is 2.69. The number of nitrogens with zero attached hydrogens (tertiary/aromatic N) is 3. The number of hydrogen-bond acceptors (Lipinski definition) is 5. The summed E-state index contributed by atoms with van der Waals surface area (Å²) in [6.45, 7) is 2.04. The molecule has 0 spiro atoms. The minimum atomic E-state index is 0.465. The van der Waals surface area contributed by atoms with Crippen LogP contribution in [0.2, 0.25) is 0 Å². The highest BCUT2D eigenvalue weighted by molar-refractivity contribution is 5.95. The number of rotatable bonds is 3. The molecule has 128 valence electrons. The van der Waals surface area contributed by atoms with E-state index in [1.54, 1.807) is 19.5 Å². The fraction of sp³-hybridized carbons (Fsp3) is 0.0952. The highest BCUT2D eigenvalue weighted by atomic mass is 16.5. The zero-order chi connectivity index (χ0) is 18.1. The Bertz CT molecular complexity index is 1080. The molecular weight excluding hydrogens is 324 g/mol. The summed E-state index contributed by atoms with van der Waals surface area (Å²) in [4.78, 5) is 13.3. The van der Waals surface area contributed by atoms with Crippen LogP contribution in [0.1, 0.15) is 5.56 Å². The van der Waals surface area contributed by atoms with Crippen molar-refractivity contribution in [2.45, 2.75) is 6.92 Å². The van der Waals surface area contributed by atoms with E-state index in [-0.39, 0.29) is 0 Å². The summed E-state index contributed by atoms with van der Waals surface area (Å²) in [5.74, 6) is 1.88. The van der Waals surface area contributed by atoms with Crippen molar-refractivity contribution in [3.05, 3.63) is 66.5 Å². The molecule has 5 nitrogen and oxygen atoms in total. The van der Waals surface area contributed by atoms with Gasteiger partial charge < -0.3 is 10.5 Å². The van der Waals surface area contributed by atoms with Crippen LogP contribution in [0, 0.1) is 6.92 Å². The third kappa shape index (κ3) is 2.84. The molecule has 0 saturated heterocycles. The van der Waals surface area contributed by atoms with E-state index >= 15 is 0 Å². The van der Waals surface area contributed by atoms with E-state index in [9.17, 15) is 0 Å². The van der Waals surface area contributed by atoms with Crippen molar-refractivity contribution < 1.29 is 4.74 Å². The van der Waals surface area contributed by atoms with Crippen molar-refractivity contribution >= 4 is 16.7 Å². The lowest BCUT2D eigenvalue weighted by Gasteiger charge is -2.11. The first-order valence-corrected chi connectivity index (χ1v) is 8.28. The van der Waals surface area contributed by atoms with Gasteiger partial charge in [-0.05, 0) is 60.0 Å². The number of ether oxygens (including phenoxy) is 1. The lowest BCUT2D eigenvalue weighted by molar-refractivity contribution is 0.415. The van der Waals surface area contributed by atoms with Crippen LogP contribution >= 0.6 is 0 Å². The van der Waals surface area contributed by atoms with Gasteiger partial charge in [0.25, 0.3) is 0 Å². The number of hydrogen-bond donors (Lipinski definition) is 1. The molecule has 0 saturated carbocycles. The topological polar surface area (TPSA) is 73.9 Å². The maximum Gasteiger partial charge on any atom is 0.163 e. The second-order valence-electron chi connectivity index (χ2n) is 6.09. The van der Waals surface area contributed by atoms with Gasteiger partial charge in [0.05, 0.1) is 12.6 Å². The second kappa shape index (κ2) is 6.44. The predicted octanol–water partition coefficient (Wildman–Crippen LogP) is 4.26. The molecule has 2 aromatic carbocycles. The molecule has 0 aliphatic carbocycles. The van der Waals surface area contributed by atoms with Crippen molar-refractivity contribution in [1.82, 2.24) is 15.0 Å². The largest absolute Gasteiger partial charge is 0.497 e. The maximum atomic E-state index is 6.26. The van der Waals surface area contributed by atoms with Crippen LogP contribution < -0.4 is 10.5 Å². The zero-order valence-corrected chi connectivity index (χ0v) is 14.6. The van der Waals surface area contributed by atoms with Crippen LogP contribution in [0.3, 0.4) is 0 Å². The minimum absolute atomic E-state index is 0.465. The third-order valence-electron chi connectivity index (χ3n) is 4.36. The van der Waals surface area contributed by atoms with Gasteiger partial charge in [0.2, 0.25) is 0 Å². The minimum Gasteiger partial charge on any atom is -0.497 e. The Kier molecular flexibility index (Phi) is 3.97. The normalized spacial score (nSPS) is 10.8. The van der Waals surface area contributed by atoms with Gasteiger partial charge in [-0.1, -0.05) is 12.1 Å². The third-order valence-corrected chi connectivity index (χ3v) is 4.36. The Hall–Kier alpha value is -3.47. The standard InChI is InChI=1S/C21H18N4O/c1-13-10-16(14-5-7-17(26-2)8-6-14)11-18-19(13)24-21(25-20(18)22)15-4-3-9-23-12-15/h3-12H,1-2H3,(H2,22,24,25). The van der Waals surface area contributed by atoms with Gasteiger partial charge >= 0.3 is 0 Å². The summed E-state index contributed by atoms with van der Waals surface area (Å²) < 4.78 is 5.23. The van der Waals surface area contributed by atoms with Gasteiger partial charge in [-0.15, -0.1) is 0 Å². The SMILES string of the molecule is COc1ccc(-c2cc(C)c3nc(-c4cccnc4)nc(N)c3c2)cc1. The summed E-state index contributed by atoms with van der Waals surface area (Å²) in [5, 5.41) is 0.850. The Morgan fingerprint density at radius 3 is 2.42 bits per heavy atom. The number of nitrogens with two attached hydrogens (primary N) is 1. The fourth-order valence-corrected chi connectivity index (χ4v) is 3.00. The molecule has 2 heterocycles. The Morgan fingerprint density at radius 2 is 1.73 bits per heavy atom. The number of nitrogen functional groups attached to an aromatic ring is 1. The summed E-state index contributed by atoms with van der Waals surface area (Å²) >= 11 is 0. The van der Waals surface area contributed by atoms with Crippen molar-refractivity contribution in [2.75, 3.05) is 12.8 Å². The molecule has 0 aliphatic heterocycles. The molecule has 0 bridgehead atoms. The second-order valence-corrected chi connectivity index (χ2v) is 6.09. The highest BCUT2D eigenvalue weighted by Crippen LogP contribution is 2.31. The quantitative estimate of drug-likeness (QED) is 0.602. The van der Waals surface area contributed by atoms with Crippen LogP contribution in [-0.4, -0.2) is 22.1 Å². The van der Waals surface area contributed by atoms with Gasteiger partial charge in [-0.2, -0.15) is 0 Å². The molecule has 0 radical (unpaired) electrons. The van der Waals surface area contributed by atoms with Crippen LogP contribution in [-0.2, 0) is 0 Å². The molecule has 0 aliphatic rings. The summed E-state index contributed by atoms with van der Waals surface area (Å²) in [6, 6.07) is 15.9. The van der Waals surface area contributed by atoms with Crippen molar-refractivity contribution in [3.63, 3.8) is 0 Å². The smallest absolute Gasteiger partial charge is 0.163 e. The van der Waals surface area contributed by atoms with E-state index in [1.165, 1.54) is 0 Å². The predicted molar refractivity (Wildman–Crippen MR) is 104 cm³/mol. The monoisotopic (exact) mass is 342 g/mol. The number of fused-ring (bicyclic) bond motifs is 1. The Labute approximate surface area is 151 Å². The number of anilines is 1. The molecule has 2 N–H and O–H groups in total. The van der Waals surface area contributed by atoms with E-state index < -0.39 is 0 Å². The molecule has 4 rings (SSSR count). The van der Waals surface area contributed by atoms with Gasteiger partial charge in [0, 0.05) is 23.3 Å². The molecule has 0 amide bonds. The van der Waals surface area contributed by atoms with Crippen molar-refractivity contribution in [1.29, 1.82) is 0 Å². The molecule has 0 atom stereocenters. The Balaban J connectivity index is 1.86. The van der Waals surface area contributed by atoms with Gasteiger partial charge in [0.15, 0.2) is 5.82 Å². The lowest BCUT2D eigenvalue weighted by atomic mass is 10.00. The van der Waals surface area contributed by atoms with Crippen LogP contribution in [0.15, 0.2) is 60.9 Å².